The number of hydrogen-bond acceptors (Lipinski definition) is 5. The summed E-state index contributed by atoms with van der Waals surface area (Å²) >= 11 is 1.63. The van der Waals surface area contributed by atoms with E-state index in [4.69, 9.17) is 4.74 Å². The number of fused-ring (bicyclic) bond motifs is 3. The van der Waals surface area contributed by atoms with Gasteiger partial charge in [0, 0.05) is 12.4 Å². The summed E-state index contributed by atoms with van der Waals surface area (Å²) in [6, 6.07) is 15.5. The molecule has 0 bridgehead atoms. The fraction of sp³-hybridized carbons (Fsp3) is 0.286. The van der Waals surface area contributed by atoms with Crippen molar-refractivity contribution in [3.8, 4) is 5.69 Å². The van der Waals surface area contributed by atoms with Crippen molar-refractivity contribution < 1.29 is 4.74 Å². The Morgan fingerprint density at radius 2 is 1.96 bits per heavy atom. The molecule has 2 aromatic heterocycles. The van der Waals surface area contributed by atoms with Gasteiger partial charge in [-0.15, -0.1) is 10.2 Å². The molecule has 0 aliphatic carbocycles. The van der Waals surface area contributed by atoms with E-state index in [0.717, 1.165) is 47.1 Å². The van der Waals surface area contributed by atoms with Crippen molar-refractivity contribution in [3.05, 3.63) is 64.4 Å². The molecule has 0 amide bonds. The zero-order valence-electron chi connectivity index (χ0n) is 15.5. The van der Waals surface area contributed by atoms with Crippen LogP contribution in [0.4, 0.5) is 0 Å². The lowest BCUT2D eigenvalue weighted by molar-refractivity contribution is 0.129. The Morgan fingerprint density at radius 3 is 2.75 bits per heavy atom. The van der Waals surface area contributed by atoms with Crippen LogP contribution in [0.3, 0.4) is 0 Å². The Labute approximate surface area is 166 Å². The van der Waals surface area contributed by atoms with Crippen molar-refractivity contribution in [3.63, 3.8) is 0 Å². The van der Waals surface area contributed by atoms with Crippen LogP contribution in [-0.4, -0.2) is 37.6 Å². The second kappa shape index (κ2) is 7.07. The van der Waals surface area contributed by atoms with Gasteiger partial charge in [0.15, 0.2) is 5.16 Å². The molecule has 3 heterocycles. The van der Waals surface area contributed by atoms with Gasteiger partial charge in [0.1, 0.15) is 0 Å². The van der Waals surface area contributed by atoms with Crippen LogP contribution < -0.4 is 5.56 Å². The zero-order valence-corrected chi connectivity index (χ0v) is 16.4. The first kappa shape index (κ1) is 17.5. The lowest BCUT2D eigenvalue weighted by Crippen LogP contribution is -2.21. The molecule has 0 saturated carbocycles. The van der Waals surface area contributed by atoms with Crippen LogP contribution in [0.25, 0.3) is 22.4 Å². The van der Waals surface area contributed by atoms with Gasteiger partial charge >= 0.3 is 0 Å². The van der Waals surface area contributed by atoms with Crippen molar-refractivity contribution in [1.29, 1.82) is 0 Å². The second-order valence-corrected chi connectivity index (χ2v) is 8.04. The molecular formula is C21H20N4O2S. The Hall–Kier alpha value is -2.64. The molecule has 1 unspecified atom stereocenters. The maximum absolute atomic E-state index is 13.3. The minimum absolute atomic E-state index is 0.0879. The average molecular weight is 392 g/mol. The smallest absolute Gasteiger partial charge is 0.267 e. The van der Waals surface area contributed by atoms with Crippen LogP contribution in [-0.2, 0) is 4.74 Å². The van der Waals surface area contributed by atoms with E-state index in [9.17, 15) is 4.79 Å². The van der Waals surface area contributed by atoms with E-state index in [0.29, 0.717) is 11.2 Å². The lowest BCUT2D eigenvalue weighted by atomic mass is 10.2. The largest absolute Gasteiger partial charge is 0.377 e. The highest BCUT2D eigenvalue weighted by Crippen LogP contribution is 2.26. The molecule has 1 saturated heterocycles. The molecule has 7 heteroatoms. The monoisotopic (exact) mass is 392 g/mol. The third kappa shape index (κ3) is 2.91. The third-order valence-corrected chi connectivity index (χ3v) is 6.17. The van der Waals surface area contributed by atoms with Crippen molar-refractivity contribution in [2.45, 2.75) is 31.0 Å². The second-order valence-electron chi connectivity index (χ2n) is 7.06. The molecule has 4 aromatic rings. The predicted molar refractivity (Wildman–Crippen MR) is 111 cm³/mol. The summed E-state index contributed by atoms with van der Waals surface area (Å²) in [5.74, 6) is 1.36. The van der Waals surface area contributed by atoms with Gasteiger partial charge < -0.3 is 4.74 Å². The van der Waals surface area contributed by atoms with Crippen molar-refractivity contribution in [2.75, 3.05) is 12.4 Å². The van der Waals surface area contributed by atoms with Crippen LogP contribution >= 0.6 is 11.8 Å². The minimum atomic E-state index is -0.0879. The van der Waals surface area contributed by atoms with Gasteiger partial charge in [-0.2, -0.15) is 0 Å². The third-order valence-electron chi connectivity index (χ3n) is 5.11. The normalized spacial score (nSPS) is 17.0. The van der Waals surface area contributed by atoms with Gasteiger partial charge in [0.05, 0.1) is 22.7 Å². The topological polar surface area (TPSA) is 61.4 Å². The molecule has 6 nitrogen and oxygen atoms in total. The van der Waals surface area contributed by atoms with E-state index in [1.54, 1.807) is 16.3 Å². The highest BCUT2D eigenvalue weighted by Gasteiger charge is 2.20. The summed E-state index contributed by atoms with van der Waals surface area (Å²) in [5.41, 5.74) is 2.66. The van der Waals surface area contributed by atoms with Crippen molar-refractivity contribution in [2.24, 2.45) is 0 Å². The minimum Gasteiger partial charge on any atom is -0.377 e. The molecule has 0 N–H and O–H groups in total. The summed E-state index contributed by atoms with van der Waals surface area (Å²) in [5, 5.41) is 10.2. The van der Waals surface area contributed by atoms with Crippen LogP contribution in [0.2, 0.25) is 0 Å². The Balaban J connectivity index is 1.72. The molecule has 0 radical (unpaired) electrons. The molecule has 2 aromatic carbocycles. The molecule has 142 valence electrons. The highest BCUT2D eigenvalue weighted by molar-refractivity contribution is 7.99. The average Bonchev–Trinajstić information content (AvgIpc) is 3.38. The van der Waals surface area contributed by atoms with Gasteiger partial charge in [-0.25, -0.2) is 4.57 Å². The Bertz CT molecular complexity index is 1210. The molecule has 1 fully saturated rings. The fourth-order valence-corrected chi connectivity index (χ4v) is 4.65. The van der Waals surface area contributed by atoms with Crippen LogP contribution in [0.5, 0.6) is 0 Å². The van der Waals surface area contributed by atoms with Crippen molar-refractivity contribution in [1.82, 2.24) is 19.2 Å². The molecule has 5 rings (SSSR count). The number of ether oxygens (including phenoxy) is 1. The molecule has 1 atom stereocenters. The first-order valence-corrected chi connectivity index (χ1v) is 10.4. The number of hydrogen-bond donors (Lipinski definition) is 0. The van der Waals surface area contributed by atoms with Gasteiger partial charge in [-0.1, -0.05) is 41.6 Å². The zero-order chi connectivity index (χ0) is 19.1. The predicted octanol–water partition coefficient (Wildman–Crippen LogP) is 3.61. The van der Waals surface area contributed by atoms with Gasteiger partial charge in [-0.05, 0) is 44.0 Å². The first-order chi connectivity index (χ1) is 13.7. The summed E-state index contributed by atoms with van der Waals surface area (Å²) in [6.07, 6.45) is 2.45. The lowest BCUT2D eigenvalue weighted by Gasteiger charge is -2.12. The van der Waals surface area contributed by atoms with E-state index >= 15 is 0 Å². The van der Waals surface area contributed by atoms with Crippen LogP contribution in [0.1, 0.15) is 18.4 Å². The summed E-state index contributed by atoms with van der Waals surface area (Å²) in [7, 11) is 0. The molecular weight excluding hydrogens is 372 g/mol. The number of rotatable bonds is 4. The Morgan fingerprint density at radius 1 is 1.14 bits per heavy atom. The van der Waals surface area contributed by atoms with Crippen molar-refractivity contribution >= 4 is 28.4 Å². The van der Waals surface area contributed by atoms with E-state index in [1.807, 2.05) is 59.9 Å². The number of aromatic nitrogens is 4. The molecule has 28 heavy (non-hydrogen) atoms. The molecule has 1 aliphatic heterocycles. The highest BCUT2D eigenvalue weighted by atomic mass is 32.2. The standard InChI is InChI=1S/C21H20N4O2S/c1-14-8-10-15(11-9-14)24-19(26)17-6-2-3-7-18(17)25-20(24)22-23-21(25)28-13-16-5-4-12-27-16/h2-3,6-11,16H,4-5,12-13H2,1H3. The molecule has 1 aliphatic rings. The van der Waals surface area contributed by atoms with E-state index in [1.165, 1.54) is 0 Å². The summed E-state index contributed by atoms with van der Waals surface area (Å²) in [6.45, 7) is 2.86. The van der Waals surface area contributed by atoms with Gasteiger partial charge in [0.25, 0.3) is 5.56 Å². The first-order valence-electron chi connectivity index (χ1n) is 9.43. The van der Waals surface area contributed by atoms with E-state index in [-0.39, 0.29) is 11.7 Å². The SMILES string of the molecule is Cc1ccc(-n2c(=O)c3ccccc3n3c(SCC4CCCO4)nnc23)cc1. The number of aryl methyl sites for hydroxylation is 1. The number of benzene rings is 2. The van der Waals surface area contributed by atoms with Gasteiger partial charge in [0.2, 0.25) is 5.78 Å². The maximum atomic E-state index is 13.3. The quantitative estimate of drug-likeness (QED) is 0.497. The number of nitrogens with zero attached hydrogens (tertiary/aromatic N) is 4. The maximum Gasteiger partial charge on any atom is 0.267 e. The Kier molecular flexibility index (Phi) is 4.41. The number of para-hydroxylation sites is 1. The van der Waals surface area contributed by atoms with Crippen LogP contribution in [0, 0.1) is 6.92 Å². The summed E-state index contributed by atoms with van der Waals surface area (Å²) in [4.78, 5) is 13.3. The van der Waals surface area contributed by atoms with Crippen LogP contribution in [0.15, 0.2) is 58.5 Å². The molecule has 0 spiro atoms. The van der Waals surface area contributed by atoms with Gasteiger partial charge in [-0.3, -0.25) is 9.20 Å². The van der Waals surface area contributed by atoms with E-state index in [2.05, 4.69) is 10.2 Å². The van der Waals surface area contributed by atoms with E-state index < -0.39 is 0 Å². The summed E-state index contributed by atoms with van der Waals surface area (Å²) < 4.78 is 9.37. The number of thioether (sulfide) groups is 1. The fourth-order valence-electron chi connectivity index (χ4n) is 3.64.